The second-order valence-electron chi connectivity index (χ2n) is 4.84. The maximum atomic E-state index is 12.4. The largest absolute Gasteiger partial charge is 0.321 e. The van der Waals surface area contributed by atoms with E-state index in [2.05, 4.69) is 5.32 Å². The number of carbonyl (C=O) groups is 1. The van der Waals surface area contributed by atoms with Crippen LogP contribution in [-0.4, -0.2) is 18.9 Å². The predicted molar refractivity (Wildman–Crippen MR) is 85.1 cm³/mol. The summed E-state index contributed by atoms with van der Waals surface area (Å²) in [6.07, 6.45) is 0. The monoisotopic (exact) mass is 339 g/mol. The van der Waals surface area contributed by atoms with Crippen molar-refractivity contribution in [2.24, 2.45) is 0 Å². The minimum Gasteiger partial charge on any atom is -0.321 e. The van der Waals surface area contributed by atoms with Crippen LogP contribution >= 0.6 is 11.6 Å². The second kappa shape index (κ2) is 6.08. The zero-order chi connectivity index (χ0) is 16.5. The lowest BCUT2D eigenvalue weighted by molar-refractivity contribution is 0.102. The second-order valence-corrected chi connectivity index (χ2v) is 6.67. The highest BCUT2D eigenvalue weighted by Crippen LogP contribution is 2.26. The molecule has 5 nitrogen and oxygen atoms in total. The molecule has 0 aliphatic rings. The lowest BCUT2D eigenvalue weighted by Gasteiger charge is -2.12. The molecule has 0 aromatic heterocycles. The van der Waals surface area contributed by atoms with Gasteiger partial charge in [0.05, 0.1) is 15.6 Å². The maximum absolute atomic E-state index is 12.4. The third-order valence-electron chi connectivity index (χ3n) is 3.19. The van der Waals surface area contributed by atoms with E-state index in [9.17, 15) is 13.2 Å². The highest BCUT2D eigenvalue weighted by atomic mass is 35.5. The van der Waals surface area contributed by atoms with Gasteiger partial charge in [0.2, 0.25) is 0 Å². The topological polar surface area (TPSA) is 83.5 Å². The van der Waals surface area contributed by atoms with Crippen molar-refractivity contribution in [1.29, 1.82) is 0 Å². The number of nitrogens with one attached hydrogen (secondary N) is 1. The van der Waals surface area contributed by atoms with Crippen LogP contribution < -0.4 is 5.32 Å². The summed E-state index contributed by atoms with van der Waals surface area (Å²) < 4.78 is 31.0. The SMILES string of the molecule is Cc1cccc(C)c1C(=O)Nc1ccc(S(=O)(=O)O)cc1Cl. The van der Waals surface area contributed by atoms with Gasteiger partial charge in [0.25, 0.3) is 16.0 Å². The Morgan fingerprint density at radius 3 is 2.23 bits per heavy atom. The Morgan fingerprint density at radius 2 is 1.73 bits per heavy atom. The number of amides is 1. The first-order valence-corrected chi connectivity index (χ1v) is 8.16. The molecule has 7 heteroatoms. The number of aryl methyl sites for hydroxylation is 2. The minimum atomic E-state index is -4.33. The molecule has 2 N–H and O–H groups in total. The summed E-state index contributed by atoms with van der Waals surface area (Å²) >= 11 is 5.96. The van der Waals surface area contributed by atoms with E-state index < -0.39 is 10.1 Å². The van der Waals surface area contributed by atoms with Gasteiger partial charge in [-0.2, -0.15) is 8.42 Å². The number of carbonyl (C=O) groups excluding carboxylic acids is 1. The van der Waals surface area contributed by atoms with Crippen molar-refractivity contribution in [3.63, 3.8) is 0 Å². The Bertz CT molecular complexity index is 826. The van der Waals surface area contributed by atoms with Crippen LogP contribution in [0.2, 0.25) is 5.02 Å². The summed E-state index contributed by atoms with van der Waals surface area (Å²) in [5, 5.41) is 2.66. The standard InChI is InChI=1S/C15H14ClNO4S/c1-9-4-3-5-10(2)14(9)15(18)17-13-7-6-11(8-12(13)16)22(19,20)21/h3-8H,1-2H3,(H,17,18)(H,19,20,21). The predicted octanol–water partition coefficient (Wildman–Crippen LogP) is 3.46. The number of benzene rings is 2. The fourth-order valence-electron chi connectivity index (χ4n) is 2.12. The van der Waals surface area contributed by atoms with Crippen LogP contribution in [0.25, 0.3) is 0 Å². The lowest BCUT2D eigenvalue weighted by Crippen LogP contribution is -2.15. The molecule has 0 saturated heterocycles. The number of hydrogen-bond acceptors (Lipinski definition) is 3. The van der Waals surface area contributed by atoms with Gasteiger partial charge in [-0.25, -0.2) is 0 Å². The third kappa shape index (κ3) is 3.47. The smallest absolute Gasteiger partial charge is 0.294 e. The highest BCUT2D eigenvalue weighted by molar-refractivity contribution is 7.85. The van der Waals surface area contributed by atoms with Gasteiger partial charge in [0.15, 0.2) is 0 Å². The first-order valence-electron chi connectivity index (χ1n) is 6.35. The van der Waals surface area contributed by atoms with Crippen LogP contribution in [0.1, 0.15) is 21.5 Å². The van der Waals surface area contributed by atoms with Gasteiger partial charge < -0.3 is 5.32 Å². The summed E-state index contributed by atoms with van der Waals surface area (Å²) in [6, 6.07) is 9.08. The van der Waals surface area contributed by atoms with Crippen molar-refractivity contribution in [3.8, 4) is 0 Å². The van der Waals surface area contributed by atoms with Crippen molar-refractivity contribution >= 4 is 33.3 Å². The van der Waals surface area contributed by atoms with Gasteiger partial charge in [-0.1, -0.05) is 29.8 Å². The van der Waals surface area contributed by atoms with Gasteiger partial charge in [-0.15, -0.1) is 0 Å². The first kappa shape index (κ1) is 16.5. The van der Waals surface area contributed by atoms with Gasteiger partial charge in [-0.05, 0) is 43.2 Å². The summed E-state index contributed by atoms with van der Waals surface area (Å²) in [6.45, 7) is 3.65. The molecule has 0 radical (unpaired) electrons. The summed E-state index contributed by atoms with van der Waals surface area (Å²) in [7, 11) is -4.33. The normalized spacial score (nSPS) is 11.3. The minimum absolute atomic E-state index is 0.0229. The van der Waals surface area contributed by atoms with Crippen molar-refractivity contribution < 1.29 is 17.8 Å². The van der Waals surface area contributed by atoms with Crippen LogP contribution in [0.5, 0.6) is 0 Å². The third-order valence-corrected chi connectivity index (χ3v) is 4.36. The molecule has 0 aliphatic carbocycles. The lowest BCUT2D eigenvalue weighted by atomic mass is 10.0. The molecular formula is C15H14ClNO4S. The van der Waals surface area contributed by atoms with Gasteiger partial charge in [0.1, 0.15) is 0 Å². The Labute approximate surface area is 133 Å². The number of hydrogen-bond donors (Lipinski definition) is 2. The maximum Gasteiger partial charge on any atom is 0.294 e. The fraction of sp³-hybridized carbons (Fsp3) is 0.133. The van der Waals surface area contributed by atoms with E-state index in [4.69, 9.17) is 16.2 Å². The number of rotatable bonds is 3. The van der Waals surface area contributed by atoms with E-state index in [0.29, 0.717) is 5.56 Å². The quantitative estimate of drug-likeness (QED) is 0.839. The van der Waals surface area contributed by atoms with E-state index in [1.54, 1.807) is 0 Å². The van der Waals surface area contributed by atoms with Crippen LogP contribution in [-0.2, 0) is 10.1 Å². The summed E-state index contributed by atoms with van der Waals surface area (Å²) in [5.41, 5.74) is 2.45. The molecule has 1 amide bonds. The zero-order valence-electron chi connectivity index (χ0n) is 11.9. The van der Waals surface area contributed by atoms with Crippen LogP contribution in [0.15, 0.2) is 41.3 Å². The van der Waals surface area contributed by atoms with Gasteiger partial charge >= 0.3 is 0 Å². The molecule has 116 valence electrons. The molecule has 0 bridgehead atoms. The first-order chi connectivity index (χ1) is 10.2. The van der Waals surface area contributed by atoms with Crippen LogP contribution in [0.3, 0.4) is 0 Å². The van der Waals surface area contributed by atoms with Crippen LogP contribution in [0, 0.1) is 13.8 Å². The van der Waals surface area contributed by atoms with Gasteiger partial charge in [-0.3, -0.25) is 9.35 Å². The van der Waals surface area contributed by atoms with E-state index in [-0.39, 0.29) is 21.5 Å². The average Bonchev–Trinajstić information content (AvgIpc) is 2.39. The summed E-state index contributed by atoms with van der Waals surface area (Å²) in [5.74, 6) is -0.336. The molecule has 0 fully saturated rings. The highest BCUT2D eigenvalue weighted by Gasteiger charge is 2.16. The Hall–Kier alpha value is -1.89. The number of halogens is 1. The van der Waals surface area contributed by atoms with E-state index in [1.807, 2.05) is 32.0 Å². The van der Waals surface area contributed by atoms with Crippen molar-refractivity contribution in [2.75, 3.05) is 5.32 Å². The molecule has 0 heterocycles. The molecule has 0 aliphatic heterocycles. The van der Waals surface area contributed by atoms with Crippen molar-refractivity contribution in [3.05, 3.63) is 58.1 Å². The van der Waals surface area contributed by atoms with Crippen molar-refractivity contribution in [2.45, 2.75) is 18.7 Å². The average molecular weight is 340 g/mol. The molecule has 2 rings (SSSR count). The molecule has 0 spiro atoms. The fourth-order valence-corrected chi connectivity index (χ4v) is 2.91. The van der Waals surface area contributed by atoms with E-state index >= 15 is 0 Å². The molecule has 0 saturated carbocycles. The zero-order valence-corrected chi connectivity index (χ0v) is 13.5. The van der Waals surface area contributed by atoms with E-state index in [0.717, 1.165) is 17.2 Å². The molecular weight excluding hydrogens is 326 g/mol. The summed E-state index contributed by atoms with van der Waals surface area (Å²) in [4.78, 5) is 12.0. The molecule has 2 aromatic carbocycles. The van der Waals surface area contributed by atoms with Crippen LogP contribution in [0.4, 0.5) is 5.69 Å². The molecule has 22 heavy (non-hydrogen) atoms. The Balaban J connectivity index is 2.34. The Morgan fingerprint density at radius 1 is 1.14 bits per heavy atom. The van der Waals surface area contributed by atoms with Gasteiger partial charge in [0, 0.05) is 5.56 Å². The van der Waals surface area contributed by atoms with E-state index in [1.165, 1.54) is 12.1 Å². The molecule has 2 aromatic rings. The number of anilines is 1. The molecule has 0 atom stereocenters. The van der Waals surface area contributed by atoms with Crippen molar-refractivity contribution in [1.82, 2.24) is 0 Å². The Kier molecular flexibility index (Phi) is 4.55. The molecule has 0 unspecified atom stereocenters.